The average Bonchev–Trinajstić information content (AvgIpc) is 2.33. The Labute approximate surface area is 114 Å². The van der Waals surface area contributed by atoms with Crippen LogP contribution in [-0.4, -0.2) is 58.8 Å². The maximum Gasteiger partial charge on any atom is 0.326 e. The number of carboxylic acid groups (broad SMARTS) is 1. The van der Waals surface area contributed by atoms with Gasteiger partial charge in [-0.15, -0.1) is 0 Å². The Morgan fingerprint density at radius 3 is 2.21 bits per heavy atom. The number of hydrogen-bond donors (Lipinski definition) is 3. The number of aliphatic carboxylic acids is 1. The van der Waals surface area contributed by atoms with Crippen molar-refractivity contribution < 1.29 is 19.8 Å². The summed E-state index contributed by atoms with van der Waals surface area (Å²) >= 11 is 0. The summed E-state index contributed by atoms with van der Waals surface area (Å²) < 4.78 is 0. The second-order valence-corrected chi connectivity index (χ2v) is 5.06. The molecule has 0 heterocycles. The highest BCUT2D eigenvalue weighted by molar-refractivity contribution is 5.86. The van der Waals surface area contributed by atoms with Gasteiger partial charge in [0.25, 0.3) is 0 Å². The molecule has 6 nitrogen and oxygen atoms in total. The molecule has 0 rings (SSSR count). The Kier molecular flexibility index (Phi) is 8.34. The minimum atomic E-state index is -1.01. The van der Waals surface area contributed by atoms with Gasteiger partial charge in [-0.05, 0) is 25.8 Å². The van der Waals surface area contributed by atoms with E-state index in [1.54, 1.807) is 11.8 Å². The first-order chi connectivity index (χ1) is 8.83. The van der Waals surface area contributed by atoms with Crippen LogP contribution < -0.4 is 5.32 Å². The normalized spacial score (nSPS) is 14.5. The average molecular weight is 274 g/mol. The molecule has 2 atom stereocenters. The van der Waals surface area contributed by atoms with Gasteiger partial charge < -0.3 is 15.5 Å². The summed E-state index contributed by atoms with van der Waals surface area (Å²) in [7, 11) is 0. The molecule has 0 fully saturated rings. The van der Waals surface area contributed by atoms with Gasteiger partial charge in [-0.2, -0.15) is 0 Å². The first-order valence-corrected chi connectivity index (χ1v) is 6.71. The van der Waals surface area contributed by atoms with E-state index in [9.17, 15) is 9.59 Å². The molecule has 112 valence electrons. The van der Waals surface area contributed by atoms with Crippen molar-refractivity contribution in [3.63, 3.8) is 0 Å². The minimum Gasteiger partial charge on any atom is -0.480 e. The summed E-state index contributed by atoms with van der Waals surface area (Å²) in [5.41, 5.74) is 0. The van der Waals surface area contributed by atoms with Gasteiger partial charge in [-0.25, -0.2) is 4.79 Å². The molecular weight excluding hydrogens is 248 g/mol. The van der Waals surface area contributed by atoms with Crippen LogP contribution in [-0.2, 0) is 9.59 Å². The molecule has 0 aliphatic heterocycles. The lowest BCUT2D eigenvalue weighted by molar-refractivity contribution is -0.143. The molecule has 0 saturated carbocycles. The number of aliphatic hydroxyl groups is 1. The van der Waals surface area contributed by atoms with Crippen molar-refractivity contribution >= 4 is 11.9 Å². The predicted octanol–water partition coefficient (Wildman–Crippen LogP) is 0.305. The van der Waals surface area contributed by atoms with Crippen molar-refractivity contribution in [2.75, 3.05) is 19.7 Å². The third-order valence-corrected chi connectivity index (χ3v) is 3.04. The second kappa shape index (κ2) is 8.87. The molecular formula is C13H26N2O4. The van der Waals surface area contributed by atoms with Crippen molar-refractivity contribution in [3.05, 3.63) is 0 Å². The van der Waals surface area contributed by atoms with Crippen LogP contribution in [0.1, 0.15) is 34.1 Å². The van der Waals surface area contributed by atoms with E-state index in [-0.39, 0.29) is 18.4 Å². The highest BCUT2D eigenvalue weighted by atomic mass is 16.4. The summed E-state index contributed by atoms with van der Waals surface area (Å²) in [6, 6.07) is -1.31. The van der Waals surface area contributed by atoms with Crippen LogP contribution in [0.2, 0.25) is 0 Å². The summed E-state index contributed by atoms with van der Waals surface area (Å²) in [4.78, 5) is 24.9. The van der Waals surface area contributed by atoms with Gasteiger partial charge in [0.15, 0.2) is 0 Å². The van der Waals surface area contributed by atoms with Crippen LogP contribution in [0.5, 0.6) is 0 Å². The number of carboxylic acids is 1. The number of carbonyl (C=O) groups excluding carboxylic acids is 1. The molecule has 0 aromatic rings. The number of carbonyl (C=O) groups is 2. The fraction of sp³-hybridized carbons (Fsp3) is 0.846. The quantitative estimate of drug-likeness (QED) is 0.563. The van der Waals surface area contributed by atoms with E-state index >= 15 is 0 Å². The van der Waals surface area contributed by atoms with Gasteiger partial charge in [0.05, 0.1) is 12.6 Å². The number of hydrogen-bond acceptors (Lipinski definition) is 4. The van der Waals surface area contributed by atoms with Crippen LogP contribution in [0.25, 0.3) is 0 Å². The summed E-state index contributed by atoms with van der Waals surface area (Å²) in [5, 5.41) is 20.6. The van der Waals surface area contributed by atoms with E-state index in [0.717, 1.165) is 0 Å². The van der Waals surface area contributed by atoms with Gasteiger partial charge in [0.1, 0.15) is 6.04 Å². The largest absolute Gasteiger partial charge is 0.480 e. The maximum absolute atomic E-state index is 12.0. The van der Waals surface area contributed by atoms with Crippen LogP contribution in [0.4, 0.5) is 0 Å². The Morgan fingerprint density at radius 1 is 1.26 bits per heavy atom. The SMILES string of the molecule is CCN(CCO)C(C)C(=O)NC(CC(C)C)C(=O)O. The second-order valence-electron chi connectivity index (χ2n) is 5.06. The molecule has 0 saturated heterocycles. The monoisotopic (exact) mass is 274 g/mol. The molecule has 0 aliphatic carbocycles. The topological polar surface area (TPSA) is 89.9 Å². The van der Waals surface area contributed by atoms with E-state index in [1.165, 1.54) is 0 Å². The Morgan fingerprint density at radius 2 is 1.84 bits per heavy atom. The van der Waals surface area contributed by atoms with Crippen molar-refractivity contribution in [2.45, 2.75) is 46.2 Å². The standard InChI is InChI=1S/C13H26N2O4/c1-5-15(6-7-16)10(4)12(17)14-11(13(18)19)8-9(2)3/h9-11,16H,5-8H2,1-4H3,(H,14,17)(H,18,19). The first kappa shape index (κ1) is 17.9. The fourth-order valence-electron chi connectivity index (χ4n) is 1.91. The number of amides is 1. The van der Waals surface area contributed by atoms with Crippen molar-refractivity contribution in [1.82, 2.24) is 10.2 Å². The number of likely N-dealkylation sites (N-methyl/N-ethyl adjacent to an activating group) is 1. The third-order valence-electron chi connectivity index (χ3n) is 3.04. The van der Waals surface area contributed by atoms with Crippen LogP contribution in [0.3, 0.4) is 0 Å². The summed E-state index contributed by atoms with van der Waals surface area (Å²) in [6.07, 6.45) is 0.403. The Hall–Kier alpha value is -1.14. The number of rotatable bonds is 9. The highest BCUT2D eigenvalue weighted by Gasteiger charge is 2.26. The van der Waals surface area contributed by atoms with Gasteiger partial charge >= 0.3 is 5.97 Å². The Balaban J connectivity index is 4.57. The molecule has 2 unspecified atom stereocenters. The fourth-order valence-corrected chi connectivity index (χ4v) is 1.91. The zero-order valence-electron chi connectivity index (χ0n) is 12.2. The first-order valence-electron chi connectivity index (χ1n) is 6.71. The van der Waals surface area contributed by atoms with Crippen molar-refractivity contribution in [1.29, 1.82) is 0 Å². The smallest absolute Gasteiger partial charge is 0.326 e. The number of aliphatic hydroxyl groups excluding tert-OH is 1. The zero-order valence-corrected chi connectivity index (χ0v) is 12.2. The molecule has 0 spiro atoms. The van der Waals surface area contributed by atoms with E-state index in [2.05, 4.69) is 5.32 Å². The molecule has 0 bridgehead atoms. The molecule has 6 heteroatoms. The van der Waals surface area contributed by atoms with Crippen molar-refractivity contribution in [3.8, 4) is 0 Å². The molecule has 0 aliphatic rings. The van der Waals surface area contributed by atoms with E-state index < -0.39 is 18.1 Å². The van der Waals surface area contributed by atoms with E-state index in [4.69, 9.17) is 10.2 Å². The molecule has 19 heavy (non-hydrogen) atoms. The maximum atomic E-state index is 12.0. The molecule has 1 amide bonds. The van der Waals surface area contributed by atoms with Crippen LogP contribution in [0, 0.1) is 5.92 Å². The summed E-state index contributed by atoms with van der Waals surface area (Å²) in [6.45, 7) is 8.42. The molecule has 0 radical (unpaired) electrons. The Bertz CT molecular complexity index is 294. The number of nitrogens with zero attached hydrogens (tertiary/aromatic N) is 1. The minimum absolute atomic E-state index is 0.0280. The van der Waals surface area contributed by atoms with E-state index in [0.29, 0.717) is 19.5 Å². The molecule has 0 aromatic heterocycles. The zero-order chi connectivity index (χ0) is 15.0. The molecule has 3 N–H and O–H groups in total. The van der Waals surface area contributed by atoms with Gasteiger partial charge in [-0.3, -0.25) is 9.69 Å². The van der Waals surface area contributed by atoms with Gasteiger partial charge in [-0.1, -0.05) is 20.8 Å². The van der Waals surface area contributed by atoms with Crippen LogP contribution in [0.15, 0.2) is 0 Å². The predicted molar refractivity (Wildman–Crippen MR) is 72.8 cm³/mol. The lowest BCUT2D eigenvalue weighted by atomic mass is 10.0. The van der Waals surface area contributed by atoms with E-state index in [1.807, 2.05) is 20.8 Å². The highest BCUT2D eigenvalue weighted by Crippen LogP contribution is 2.06. The van der Waals surface area contributed by atoms with Gasteiger partial charge in [0.2, 0.25) is 5.91 Å². The summed E-state index contributed by atoms with van der Waals surface area (Å²) in [5.74, 6) is -1.14. The number of nitrogens with one attached hydrogen (secondary N) is 1. The van der Waals surface area contributed by atoms with Crippen LogP contribution >= 0.6 is 0 Å². The van der Waals surface area contributed by atoms with Crippen molar-refractivity contribution in [2.24, 2.45) is 5.92 Å². The third kappa shape index (κ3) is 6.54. The lowest BCUT2D eigenvalue weighted by Crippen LogP contribution is -2.51. The molecule has 0 aromatic carbocycles. The lowest BCUT2D eigenvalue weighted by Gasteiger charge is -2.27. The van der Waals surface area contributed by atoms with Gasteiger partial charge in [0, 0.05) is 6.54 Å².